The van der Waals surface area contributed by atoms with Crippen molar-refractivity contribution in [2.45, 2.75) is 13.5 Å². The standard InChI is InChI=1S/C10H9ClN6S/c1-6-15-7(4-18-6)3-12-9-2-8(11)16-10-13-5-14-17(9)10/h2,4-5,12H,3H2,1H3. The summed E-state index contributed by atoms with van der Waals surface area (Å²) in [5.41, 5.74) is 0.985. The molecule has 0 bridgehead atoms. The molecule has 3 heterocycles. The number of aryl methyl sites for hydroxylation is 1. The van der Waals surface area contributed by atoms with Gasteiger partial charge in [-0.05, 0) is 6.92 Å². The Hall–Kier alpha value is -1.73. The van der Waals surface area contributed by atoms with Crippen LogP contribution in [0.3, 0.4) is 0 Å². The summed E-state index contributed by atoms with van der Waals surface area (Å²) in [7, 11) is 0. The van der Waals surface area contributed by atoms with Crippen LogP contribution < -0.4 is 5.32 Å². The molecule has 0 aliphatic carbocycles. The van der Waals surface area contributed by atoms with Crippen molar-refractivity contribution < 1.29 is 0 Å². The summed E-state index contributed by atoms with van der Waals surface area (Å²) in [4.78, 5) is 12.4. The first-order chi connectivity index (χ1) is 8.72. The first-order valence-corrected chi connectivity index (χ1v) is 6.49. The highest BCUT2D eigenvalue weighted by Gasteiger charge is 2.06. The van der Waals surface area contributed by atoms with E-state index >= 15 is 0 Å². The lowest BCUT2D eigenvalue weighted by atomic mass is 10.4. The van der Waals surface area contributed by atoms with Gasteiger partial charge in [-0.3, -0.25) is 0 Å². The first kappa shape index (κ1) is 11.4. The van der Waals surface area contributed by atoms with Crippen LogP contribution in [0.25, 0.3) is 5.78 Å². The van der Waals surface area contributed by atoms with E-state index < -0.39 is 0 Å². The highest BCUT2D eigenvalue weighted by Crippen LogP contribution is 2.16. The van der Waals surface area contributed by atoms with E-state index in [0.29, 0.717) is 17.5 Å². The molecule has 1 N–H and O–H groups in total. The van der Waals surface area contributed by atoms with Gasteiger partial charge in [0.05, 0.1) is 17.2 Å². The zero-order valence-electron chi connectivity index (χ0n) is 9.46. The summed E-state index contributed by atoms with van der Waals surface area (Å²) in [5.74, 6) is 1.22. The largest absolute Gasteiger partial charge is 0.364 e. The predicted molar refractivity (Wildman–Crippen MR) is 70.0 cm³/mol. The van der Waals surface area contributed by atoms with Crippen molar-refractivity contribution in [3.8, 4) is 0 Å². The molecule has 0 aliphatic rings. The second kappa shape index (κ2) is 4.51. The third kappa shape index (κ3) is 2.14. The number of anilines is 1. The number of hydrogen-bond donors (Lipinski definition) is 1. The molecular weight excluding hydrogens is 272 g/mol. The molecule has 0 spiro atoms. The number of aromatic nitrogens is 5. The highest BCUT2D eigenvalue weighted by molar-refractivity contribution is 7.09. The Kier molecular flexibility index (Phi) is 2.85. The SMILES string of the molecule is Cc1nc(CNc2cc(Cl)nc3ncnn23)cs1. The predicted octanol–water partition coefficient (Wildman–Crippen LogP) is 2.15. The van der Waals surface area contributed by atoms with Gasteiger partial charge in [-0.15, -0.1) is 11.3 Å². The van der Waals surface area contributed by atoms with Crippen molar-refractivity contribution in [3.63, 3.8) is 0 Å². The van der Waals surface area contributed by atoms with Gasteiger partial charge in [0.2, 0.25) is 0 Å². The van der Waals surface area contributed by atoms with Crippen LogP contribution in [0.1, 0.15) is 10.7 Å². The fourth-order valence-electron chi connectivity index (χ4n) is 1.58. The van der Waals surface area contributed by atoms with E-state index in [2.05, 4.69) is 25.4 Å². The van der Waals surface area contributed by atoms with E-state index in [4.69, 9.17) is 11.6 Å². The number of rotatable bonds is 3. The Bertz CT molecular complexity index is 691. The maximum Gasteiger partial charge on any atom is 0.255 e. The minimum Gasteiger partial charge on any atom is -0.364 e. The van der Waals surface area contributed by atoms with Crippen LogP contribution >= 0.6 is 22.9 Å². The Balaban J connectivity index is 1.87. The smallest absolute Gasteiger partial charge is 0.255 e. The third-order valence-electron chi connectivity index (χ3n) is 2.34. The zero-order valence-corrected chi connectivity index (χ0v) is 11.0. The molecule has 0 saturated heterocycles. The number of halogens is 1. The molecule has 0 aromatic carbocycles. The van der Waals surface area contributed by atoms with Gasteiger partial charge in [-0.1, -0.05) is 11.6 Å². The summed E-state index contributed by atoms with van der Waals surface area (Å²) in [5, 5.41) is 10.8. The molecule has 3 aromatic rings. The number of thiazole rings is 1. The molecule has 0 fully saturated rings. The highest BCUT2D eigenvalue weighted by atomic mass is 35.5. The lowest BCUT2D eigenvalue weighted by molar-refractivity contribution is 0.918. The number of nitrogens with zero attached hydrogens (tertiary/aromatic N) is 5. The van der Waals surface area contributed by atoms with Gasteiger partial charge in [0.15, 0.2) is 0 Å². The average Bonchev–Trinajstić information content (AvgIpc) is 2.94. The van der Waals surface area contributed by atoms with E-state index in [1.807, 2.05) is 12.3 Å². The maximum atomic E-state index is 5.92. The van der Waals surface area contributed by atoms with Gasteiger partial charge in [0, 0.05) is 11.4 Å². The molecule has 18 heavy (non-hydrogen) atoms. The lowest BCUT2D eigenvalue weighted by Gasteiger charge is -2.06. The first-order valence-electron chi connectivity index (χ1n) is 5.23. The number of nitrogens with one attached hydrogen (secondary N) is 1. The maximum absolute atomic E-state index is 5.92. The van der Waals surface area contributed by atoms with E-state index in [-0.39, 0.29) is 0 Å². The van der Waals surface area contributed by atoms with Crippen LogP contribution in [-0.4, -0.2) is 24.6 Å². The summed E-state index contributed by atoms with van der Waals surface area (Å²) in [6, 6.07) is 1.71. The lowest BCUT2D eigenvalue weighted by Crippen LogP contribution is -2.06. The van der Waals surface area contributed by atoms with Gasteiger partial charge >= 0.3 is 0 Å². The summed E-state index contributed by atoms with van der Waals surface area (Å²) >= 11 is 7.54. The third-order valence-corrected chi connectivity index (χ3v) is 3.35. The van der Waals surface area contributed by atoms with Crippen molar-refractivity contribution in [2.75, 3.05) is 5.32 Å². The molecule has 8 heteroatoms. The minimum atomic E-state index is 0.382. The summed E-state index contributed by atoms with van der Waals surface area (Å²) < 4.78 is 1.60. The molecule has 0 amide bonds. The normalized spacial score (nSPS) is 11.0. The molecule has 0 saturated carbocycles. The van der Waals surface area contributed by atoms with Gasteiger partial charge < -0.3 is 5.32 Å². The van der Waals surface area contributed by atoms with Crippen LogP contribution in [0, 0.1) is 6.92 Å². The van der Waals surface area contributed by atoms with E-state index in [0.717, 1.165) is 16.5 Å². The van der Waals surface area contributed by atoms with Crippen molar-refractivity contribution >= 4 is 34.5 Å². The van der Waals surface area contributed by atoms with Crippen molar-refractivity contribution in [3.05, 3.63) is 33.6 Å². The molecule has 0 unspecified atom stereocenters. The topological polar surface area (TPSA) is 68.0 Å². The number of hydrogen-bond acceptors (Lipinski definition) is 6. The van der Waals surface area contributed by atoms with Gasteiger partial charge in [0.1, 0.15) is 17.3 Å². The van der Waals surface area contributed by atoms with Crippen LogP contribution in [0.5, 0.6) is 0 Å². The monoisotopic (exact) mass is 280 g/mol. The van der Waals surface area contributed by atoms with Crippen LogP contribution in [0.4, 0.5) is 5.82 Å². The van der Waals surface area contributed by atoms with E-state index in [9.17, 15) is 0 Å². The second-order valence-corrected chi connectivity index (χ2v) is 5.10. The van der Waals surface area contributed by atoms with Crippen LogP contribution in [-0.2, 0) is 6.54 Å². The molecule has 0 aliphatic heterocycles. The Morgan fingerprint density at radius 3 is 3.11 bits per heavy atom. The van der Waals surface area contributed by atoms with E-state index in [1.54, 1.807) is 21.9 Å². The van der Waals surface area contributed by atoms with Crippen molar-refractivity contribution in [1.82, 2.24) is 24.6 Å². The van der Waals surface area contributed by atoms with Crippen molar-refractivity contribution in [1.29, 1.82) is 0 Å². The molecule has 0 radical (unpaired) electrons. The van der Waals surface area contributed by atoms with Gasteiger partial charge in [-0.2, -0.15) is 19.6 Å². The van der Waals surface area contributed by atoms with Gasteiger partial charge in [-0.25, -0.2) is 4.98 Å². The number of fused-ring (bicyclic) bond motifs is 1. The fourth-order valence-corrected chi connectivity index (χ4v) is 2.37. The average molecular weight is 281 g/mol. The fraction of sp³-hybridized carbons (Fsp3) is 0.200. The zero-order chi connectivity index (χ0) is 12.5. The van der Waals surface area contributed by atoms with Crippen molar-refractivity contribution in [2.24, 2.45) is 0 Å². The molecular formula is C10H9ClN6S. The minimum absolute atomic E-state index is 0.382. The second-order valence-electron chi connectivity index (χ2n) is 3.65. The van der Waals surface area contributed by atoms with Gasteiger partial charge in [0.25, 0.3) is 5.78 Å². The molecule has 6 nitrogen and oxygen atoms in total. The molecule has 3 rings (SSSR count). The summed E-state index contributed by atoms with van der Waals surface area (Å²) in [6.07, 6.45) is 1.44. The molecule has 92 valence electrons. The molecule has 0 atom stereocenters. The van der Waals surface area contributed by atoms with Crippen LogP contribution in [0.2, 0.25) is 5.15 Å². The summed E-state index contributed by atoms with van der Waals surface area (Å²) in [6.45, 7) is 2.59. The molecule has 3 aromatic heterocycles. The van der Waals surface area contributed by atoms with E-state index in [1.165, 1.54) is 6.33 Å². The van der Waals surface area contributed by atoms with Crippen LogP contribution in [0.15, 0.2) is 17.8 Å². The quantitative estimate of drug-likeness (QED) is 0.745. The Morgan fingerprint density at radius 1 is 1.44 bits per heavy atom. The Morgan fingerprint density at radius 2 is 2.33 bits per heavy atom. The Labute approximate surface area is 112 Å².